The fraction of sp³-hybridized carbons (Fsp3) is 0.263. The normalized spacial score (nSPS) is 11.8. The fourth-order valence-corrected chi connectivity index (χ4v) is 2.65. The molecule has 148 valence electrons. The summed E-state index contributed by atoms with van der Waals surface area (Å²) < 4.78 is 5.15. The SMILES string of the molecule is CC(C)C(=O)Nc1ccc(C(=O)C(C)OC(=O)c2ncc(Cl)c(Cl)c2Cl)cc1. The molecule has 1 aromatic heterocycles. The molecule has 1 atom stereocenters. The van der Waals surface area contributed by atoms with E-state index in [9.17, 15) is 14.4 Å². The zero-order chi connectivity index (χ0) is 21.0. The first-order chi connectivity index (χ1) is 13.1. The quantitative estimate of drug-likeness (QED) is 0.498. The molecule has 1 heterocycles. The molecular weight excluding hydrogens is 427 g/mol. The highest BCUT2D eigenvalue weighted by atomic mass is 35.5. The standard InChI is InChI=1S/C19H17Cl3N2O4/c1-9(2)18(26)24-12-6-4-11(5-7-12)17(25)10(3)28-19(27)16-15(22)14(21)13(20)8-23-16/h4-10H,1-3H3,(H,24,26). The predicted octanol–water partition coefficient (Wildman–Crippen LogP) is 5.06. The van der Waals surface area contributed by atoms with Gasteiger partial charge in [-0.2, -0.15) is 0 Å². The topological polar surface area (TPSA) is 85.4 Å². The maximum atomic E-state index is 12.5. The third-order valence-electron chi connectivity index (χ3n) is 3.73. The molecule has 1 amide bonds. The minimum absolute atomic E-state index is 0.0247. The largest absolute Gasteiger partial charge is 0.449 e. The number of carbonyl (C=O) groups excluding carboxylic acids is 3. The van der Waals surface area contributed by atoms with E-state index in [0.717, 1.165) is 0 Å². The molecule has 1 N–H and O–H groups in total. The number of benzene rings is 1. The number of Topliss-reactive ketones (excluding diaryl/α,β-unsaturated/α-hetero) is 1. The molecule has 2 aromatic rings. The summed E-state index contributed by atoms with van der Waals surface area (Å²) in [5.74, 6) is -1.62. The third kappa shape index (κ3) is 5.22. The molecule has 0 spiro atoms. The van der Waals surface area contributed by atoms with Crippen LogP contribution in [0.5, 0.6) is 0 Å². The molecule has 1 aromatic carbocycles. The number of anilines is 1. The predicted molar refractivity (Wildman–Crippen MR) is 108 cm³/mol. The summed E-state index contributed by atoms with van der Waals surface area (Å²) in [7, 11) is 0. The van der Waals surface area contributed by atoms with E-state index in [2.05, 4.69) is 10.3 Å². The van der Waals surface area contributed by atoms with Crippen LogP contribution in [0.1, 0.15) is 41.6 Å². The van der Waals surface area contributed by atoms with Crippen LogP contribution in [-0.4, -0.2) is 28.7 Å². The van der Waals surface area contributed by atoms with Gasteiger partial charge in [0.15, 0.2) is 11.8 Å². The van der Waals surface area contributed by atoms with Gasteiger partial charge in [-0.25, -0.2) is 9.78 Å². The first kappa shape index (κ1) is 22.1. The minimum Gasteiger partial charge on any atom is -0.449 e. The van der Waals surface area contributed by atoms with Crippen molar-refractivity contribution in [2.75, 3.05) is 5.32 Å². The Hall–Kier alpha value is -2.15. The average Bonchev–Trinajstić information content (AvgIpc) is 2.65. The molecule has 0 fully saturated rings. The lowest BCUT2D eigenvalue weighted by atomic mass is 10.1. The van der Waals surface area contributed by atoms with Crippen molar-refractivity contribution in [1.82, 2.24) is 4.98 Å². The number of ketones is 1. The number of aromatic nitrogens is 1. The number of halogens is 3. The van der Waals surface area contributed by atoms with Crippen LogP contribution in [0.3, 0.4) is 0 Å². The monoisotopic (exact) mass is 442 g/mol. The third-order valence-corrected chi connectivity index (χ3v) is 4.97. The summed E-state index contributed by atoms with van der Waals surface area (Å²) in [4.78, 5) is 40.2. The van der Waals surface area contributed by atoms with Crippen LogP contribution < -0.4 is 5.32 Å². The zero-order valence-electron chi connectivity index (χ0n) is 15.3. The second-order valence-electron chi connectivity index (χ2n) is 6.22. The van der Waals surface area contributed by atoms with E-state index in [1.807, 2.05) is 0 Å². The van der Waals surface area contributed by atoms with Gasteiger partial charge in [0.25, 0.3) is 0 Å². The lowest BCUT2D eigenvalue weighted by molar-refractivity contribution is -0.118. The number of esters is 1. The molecule has 0 saturated carbocycles. The number of rotatable bonds is 6. The summed E-state index contributed by atoms with van der Waals surface area (Å²) in [6.45, 7) is 4.98. The Kier molecular flexibility index (Phi) is 7.41. The average molecular weight is 444 g/mol. The van der Waals surface area contributed by atoms with E-state index < -0.39 is 17.9 Å². The Morgan fingerprint density at radius 3 is 2.18 bits per heavy atom. The van der Waals surface area contributed by atoms with Crippen LogP contribution in [0.4, 0.5) is 5.69 Å². The smallest absolute Gasteiger partial charge is 0.359 e. The van der Waals surface area contributed by atoms with Gasteiger partial charge in [0.2, 0.25) is 11.7 Å². The van der Waals surface area contributed by atoms with Gasteiger partial charge < -0.3 is 10.1 Å². The van der Waals surface area contributed by atoms with Gasteiger partial charge in [-0.1, -0.05) is 48.7 Å². The summed E-state index contributed by atoms with van der Waals surface area (Å²) in [5.41, 5.74) is 0.644. The van der Waals surface area contributed by atoms with Gasteiger partial charge in [-0.3, -0.25) is 9.59 Å². The van der Waals surface area contributed by atoms with Crippen LogP contribution in [0, 0.1) is 5.92 Å². The van der Waals surface area contributed by atoms with E-state index in [-0.39, 0.29) is 32.6 Å². The van der Waals surface area contributed by atoms with Gasteiger partial charge in [0, 0.05) is 23.4 Å². The molecular formula is C19H17Cl3N2O4. The van der Waals surface area contributed by atoms with E-state index >= 15 is 0 Å². The number of amides is 1. The molecule has 0 aliphatic carbocycles. The number of hydrogen-bond donors (Lipinski definition) is 1. The Morgan fingerprint density at radius 2 is 1.61 bits per heavy atom. The highest BCUT2D eigenvalue weighted by Gasteiger charge is 2.24. The number of carbonyl (C=O) groups is 3. The Labute approximate surface area is 177 Å². The van der Waals surface area contributed by atoms with Crippen molar-refractivity contribution in [3.05, 3.63) is 56.8 Å². The maximum absolute atomic E-state index is 12.5. The number of hydrogen-bond acceptors (Lipinski definition) is 5. The minimum atomic E-state index is -1.09. The Balaban J connectivity index is 2.07. The van der Waals surface area contributed by atoms with E-state index in [1.165, 1.54) is 25.3 Å². The lowest BCUT2D eigenvalue weighted by Gasteiger charge is -2.14. The highest BCUT2D eigenvalue weighted by molar-refractivity contribution is 6.48. The molecule has 0 saturated heterocycles. The van der Waals surface area contributed by atoms with E-state index in [1.54, 1.807) is 26.0 Å². The second kappa shape index (κ2) is 9.37. The Morgan fingerprint density at radius 1 is 1.00 bits per heavy atom. The van der Waals surface area contributed by atoms with Crippen LogP contribution in [0.15, 0.2) is 30.5 Å². The van der Waals surface area contributed by atoms with Crippen molar-refractivity contribution >= 4 is 58.1 Å². The van der Waals surface area contributed by atoms with E-state index in [0.29, 0.717) is 11.3 Å². The van der Waals surface area contributed by atoms with Gasteiger partial charge >= 0.3 is 5.97 Å². The fourth-order valence-electron chi connectivity index (χ4n) is 2.09. The second-order valence-corrected chi connectivity index (χ2v) is 7.38. The maximum Gasteiger partial charge on any atom is 0.359 e. The molecule has 2 rings (SSSR count). The molecule has 0 bridgehead atoms. The van der Waals surface area contributed by atoms with Gasteiger partial charge in [-0.15, -0.1) is 0 Å². The molecule has 1 unspecified atom stereocenters. The van der Waals surface area contributed by atoms with Crippen molar-refractivity contribution < 1.29 is 19.1 Å². The highest BCUT2D eigenvalue weighted by Crippen LogP contribution is 2.31. The number of ether oxygens (including phenoxy) is 1. The summed E-state index contributed by atoms with van der Waals surface area (Å²) in [6.07, 6.45) is 0.0826. The van der Waals surface area contributed by atoms with E-state index in [4.69, 9.17) is 39.5 Å². The molecule has 0 aliphatic heterocycles. The number of nitrogens with zero attached hydrogens (tertiary/aromatic N) is 1. The summed E-state index contributed by atoms with van der Waals surface area (Å²) in [5, 5.41) is 2.65. The zero-order valence-corrected chi connectivity index (χ0v) is 17.5. The van der Waals surface area contributed by atoms with Crippen molar-refractivity contribution in [3.8, 4) is 0 Å². The number of nitrogens with one attached hydrogen (secondary N) is 1. The van der Waals surface area contributed by atoms with Crippen LogP contribution >= 0.6 is 34.8 Å². The molecule has 28 heavy (non-hydrogen) atoms. The molecule has 9 heteroatoms. The van der Waals surface area contributed by atoms with Crippen molar-refractivity contribution in [2.24, 2.45) is 5.92 Å². The van der Waals surface area contributed by atoms with Crippen molar-refractivity contribution in [1.29, 1.82) is 0 Å². The van der Waals surface area contributed by atoms with Crippen LogP contribution in [0.25, 0.3) is 0 Å². The van der Waals surface area contributed by atoms with Gasteiger partial charge in [-0.05, 0) is 31.2 Å². The van der Waals surface area contributed by atoms with Crippen molar-refractivity contribution in [2.45, 2.75) is 26.9 Å². The van der Waals surface area contributed by atoms with Crippen molar-refractivity contribution in [3.63, 3.8) is 0 Å². The van der Waals surface area contributed by atoms with Gasteiger partial charge in [0.1, 0.15) is 0 Å². The molecule has 6 nitrogen and oxygen atoms in total. The first-order valence-electron chi connectivity index (χ1n) is 8.27. The van der Waals surface area contributed by atoms with Crippen LogP contribution in [-0.2, 0) is 9.53 Å². The number of pyridine rings is 1. The summed E-state index contributed by atoms with van der Waals surface area (Å²) >= 11 is 17.6. The van der Waals surface area contributed by atoms with Gasteiger partial charge in [0.05, 0.1) is 15.1 Å². The first-order valence-corrected chi connectivity index (χ1v) is 9.40. The lowest BCUT2D eigenvalue weighted by Crippen LogP contribution is -2.25. The molecule has 0 radical (unpaired) electrons. The summed E-state index contributed by atoms with van der Waals surface area (Å²) in [6, 6.07) is 6.26. The molecule has 0 aliphatic rings. The van der Waals surface area contributed by atoms with Crippen LogP contribution in [0.2, 0.25) is 15.1 Å². The Bertz CT molecular complexity index is 914.